The summed E-state index contributed by atoms with van der Waals surface area (Å²) < 4.78 is 4.83. The molecule has 14 heavy (non-hydrogen) atoms. The molecular formula is C10H18ClNO2. The number of alkyl halides is 1. The Balaban J connectivity index is 2.45. The molecular weight excluding hydrogens is 202 g/mol. The van der Waals surface area contributed by atoms with Crippen LogP contribution in [-0.4, -0.2) is 23.6 Å². The zero-order valence-electron chi connectivity index (χ0n) is 8.81. The number of alkyl carbamates (subject to hydrolysis) is 1. The maximum atomic E-state index is 11.2. The maximum absolute atomic E-state index is 11.2. The van der Waals surface area contributed by atoms with Crippen LogP contribution in [0.1, 0.15) is 39.5 Å². The van der Waals surface area contributed by atoms with E-state index in [4.69, 9.17) is 16.3 Å². The fraction of sp³-hybridized carbons (Fsp3) is 0.900. The van der Waals surface area contributed by atoms with Crippen LogP contribution in [0.4, 0.5) is 4.79 Å². The number of amides is 1. The van der Waals surface area contributed by atoms with Gasteiger partial charge in [0.25, 0.3) is 0 Å². The van der Waals surface area contributed by atoms with Crippen molar-refractivity contribution in [3.63, 3.8) is 0 Å². The molecule has 0 saturated heterocycles. The van der Waals surface area contributed by atoms with E-state index in [9.17, 15) is 4.79 Å². The molecule has 3 nitrogen and oxygen atoms in total. The summed E-state index contributed by atoms with van der Waals surface area (Å²) in [6.07, 6.45) is 3.80. The number of carbonyl (C=O) groups is 1. The zero-order valence-corrected chi connectivity index (χ0v) is 9.56. The van der Waals surface area contributed by atoms with E-state index in [1.165, 1.54) is 0 Å². The molecule has 1 aliphatic rings. The Hall–Kier alpha value is -0.440. The Kier molecular flexibility index (Phi) is 4.05. The minimum absolute atomic E-state index is 0.0389. The zero-order chi connectivity index (χ0) is 10.6. The van der Waals surface area contributed by atoms with E-state index in [-0.39, 0.29) is 17.0 Å². The first-order valence-corrected chi connectivity index (χ1v) is 5.56. The lowest BCUT2D eigenvalue weighted by molar-refractivity contribution is 0.141. The SMILES string of the molecule is CCOC(=O)NC1CCCCC1(C)Cl. The van der Waals surface area contributed by atoms with Crippen LogP contribution in [0, 0.1) is 0 Å². The van der Waals surface area contributed by atoms with Crippen molar-refractivity contribution in [3.8, 4) is 0 Å². The summed E-state index contributed by atoms with van der Waals surface area (Å²) in [5.41, 5.74) is 0. The molecule has 1 aliphatic carbocycles. The fourth-order valence-corrected chi connectivity index (χ4v) is 2.13. The highest BCUT2D eigenvalue weighted by Crippen LogP contribution is 2.33. The quantitative estimate of drug-likeness (QED) is 0.726. The monoisotopic (exact) mass is 219 g/mol. The van der Waals surface area contributed by atoms with Crippen molar-refractivity contribution in [1.29, 1.82) is 0 Å². The molecule has 0 aromatic rings. The van der Waals surface area contributed by atoms with E-state index >= 15 is 0 Å². The topological polar surface area (TPSA) is 38.3 Å². The van der Waals surface area contributed by atoms with Crippen molar-refractivity contribution in [2.24, 2.45) is 0 Å². The van der Waals surface area contributed by atoms with Gasteiger partial charge in [0.1, 0.15) is 0 Å². The third-order valence-electron chi connectivity index (χ3n) is 2.70. The Morgan fingerprint density at radius 2 is 2.36 bits per heavy atom. The van der Waals surface area contributed by atoms with Crippen LogP contribution in [-0.2, 0) is 4.74 Å². The molecule has 0 radical (unpaired) electrons. The van der Waals surface area contributed by atoms with E-state index in [2.05, 4.69) is 5.32 Å². The van der Waals surface area contributed by atoms with Gasteiger partial charge in [0.05, 0.1) is 17.5 Å². The van der Waals surface area contributed by atoms with E-state index in [1.807, 2.05) is 6.92 Å². The van der Waals surface area contributed by atoms with Crippen molar-refractivity contribution in [2.75, 3.05) is 6.61 Å². The molecule has 1 fully saturated rings. The van der Waals surface area contributed by atoms with Crippen LogP contribution < -0.4 is 5.32 Å². The standard InChI is InChI=1S/C10H18ClNO2/c1-3-14-9(13)12-8-6-4-5-7-10(8,2)11/h8H,3-7H2,1-2H3,(H,12,13). The van der Waals surface area contributed by atoms with Gasteiger partial charge in [-0.25, -0.2) is 4.79 Å². The Labute approximate surface area is 90.1 Å². The van der Waals surface area contributed by atoms with Gasteiger partial charge in [0.15, 0.2) is 0 Å². The molecule has 2 unspecified atom stereocenters. The fourth-order valence-electron chi connectivity index (χ4n) is 1.83. The molecule has 0 aromatic heterocycles. The number of hydrogen-bond acceptors (Lipinski definition) is 2. The van der Waals surface area contributed by atoms with Crippen molar-refractivity contribution in [3.05, 3.63) is 0 Å². The number of carbonyl (C=O) groups excluding carboxylic acids is 1. The molecule has 0 heterocycles. The highest BCUT2D eigenvalue weighted by Gasteiger charge is 2.35. The molecule has 1 N–H and O–H groups in total. The highest BCUT2D eigenvalue weighted by atomic mass is 35.5. The number of halogens is 1. The van der Waals surface area contributed by atoms with Gasteiger partial charge in [0.2, 0.25) is 0 Å². The molecule has 1 saturated carbocycles. The molecule has 2 atom stereocenters. The van der Waals surface area contributed by atoms with E-state index < -0.39 is 0 Å². The number of rotatable bonds is 2. The van der Waals surface area contributed by atoms with Gasteiger partial charge < -0.3 is 10.1 Å². The number of hydrogen-bond donors (Lipinski definition) is 1. The average Bonchev–Trinajstić information content (AvgIpc) is 2.09. The van der Waals surface area contributed by atoms with Crippen LogP contribution in [0.5, 0.6) is 0 Å². The van der Waals surface area contributed by atoms with Crippen LogP contribution in [0.25, 0.3) is 0 Å². The predicted octanol–water partition coefficient (Wildman–Crippen LogP) is 2.67. The lowest BCUT2D eigenvalue weighted by Gasteiger charge is -2.36. The van der Waals surface area contributed by atoms with Crippen LogP contribution in [0.2, 0.25) is 0 Å². The predicted molar refractivity (Wildman–Crippen MR) is 56.7 cm³/mol. The van der Waals surface area contributed by atoms with Gasteiger partial charge in [-0.2, -0.15) is 0 Å². The normalized spacial score (nSPS) is 32.4. The first-order chi connectivity index (χ1) is 6.56. The second-order valence-electron chi connectivity index (χ2n) is 3.94. The Bertz CT molecular complexity index is 206. The van der Waals surface area contributed by atoms with Gasteiger partial charge >= 0.3 is 6.09 Å². The Morgan fingerprint density at radius 3 is 2.93 bits per heavy atom. The van der Waals surface area contributed by atoms with Gasteiger partial charge in [-0.3, -0.25) is 0 Å². The van der Waals surface area contributed by atoms with Crippen LogP contribution in [0.15, 0.2) is 0 Å². The van der Waals surface area contributed by atoms with Crippen molar-refractivity contribution < 1.29 is 9.53 Å². The minimum Gasteiger partial charge on any atom is -0.450 e. The Morgan fingerprint density at radius 1 is 1.64 bits per heavy atom. The molecule has 0 aliphatic heterocycles. The van der Waals surface area contributed by atoms with Crippen LogP contribution in [0.3, 0.4) is 0 Å². The molecule has 0 aromatic carbocycles. The summed E-state index contributed by atoms with van der Waals surface area (Å²) in [5.74, 6) is 0. The van der Waals surface area contributed by atoms with Gasteiger partial charge in [-0.05, 0) is 26.7 Å². The molecule has 1 amide bonds. The highest BCUT2D eigenvalue weighted by molar-refractivity contribution is 6.24. The summed E-state index contributed by atoms with van der Waals surface area (Å²) in [6.45, 7) is 4.17. The van der Waals surface area contributed by atoms with E-state index in [0.29, 0.717) is 6.61 Å². The summed E-state index contributed by atoms with van der Waals surface area (Å²) in [6, 6.07) is 0.0389. The van der Waals surface area contributed by atoms with Gasteiger partial charge in [0, 0.05) is 0 Å². The van der Waals surface area contributed by atoms with Gasteiger partial charge in [-0.15, -0.1) is 11.6 Å². The molecule has 1 rings (SSSR count). The number of ether oxygens (including phenoxy) is 1. The second-order valence-corrected chi connectivity index (χ2v) is 4.80. The molecule has 82 valence electrons. The first kappa shape index (κ1) is 11.6. The molecule has 0 spiro atoms. The second kappa shape index (κ2) is 4.87. The van der Waals surface area contributed by atoms with Gasteiger partial charge in [-0.1, -0.05) is 12.8 Å². The van der Waals surface area contributed by atoms with Crippen molar-refractivity contribution in [2.45, 2.75) is 50.4 Å². The first-order valence-electron chi connectivity index (χ1n) is 5.18. The molecule has 4 heteroatoms. The maximum Gasteiger partial charge on any atom is 0.407 e. The average molecular weight is 220 g/mol. The summed E-state index contributed by atoms with van der Waals surface area (Å²) in [4.78, 5) is 10.9. The third-order valence-corrected chi connectivity index (χ3v) is 3.15. The smallest absolute Gasteiger partial charge is 0.407 e. The summed E-state index contributed by atoms with van der Waals surface area (Å²) >= 11 is 6.31. The van der Waals surface area contributed by atoms with Crippen LogP contribution >= 0.6 is 11.6 Å². The lowest BCUT2D eigenvalue weighted by Crippen LogP contribution is -2.49. The van der Waals surface area contributed by atoms with E-state index in [1.54, 1.807) is 6.92 Å². The summed E-state index contributed by atoms with van der Waals surface area (Å²) in [7, 11) is 0. The van der Waals surface area contributed by atoms with Crippen molar-refractivity contribution in [1.82, 2.24) is 5.32 Å². The summed E-state index contributed by atoms with van der Waals surface area (Å²) in [5, 5.41) is 2.82. The largest absolute Gasteiger partial charge is 0.450 e. The van der Waals surface area contributed by atoms with Crippen molar-refractivity contribution >= 4 is 17.7 Å². The lowest BCUT2D eigenvalue weighted by atomic mass is 9.85. The third kappa shape index (κ3) is 3.05. The van der Waals surface area contributed by atoms with E-state index in [0.717, 1.165) is 25.7 Å². The minimum atomic E-state index is -0.355. The molecule has 0 bridgehead atoms. The number of nitrogens with one attached hydrogen (secondary N) is 1.